The van der Waals surface area contributed by atoms with Crippen LogP contribution in [-0.2, 0) is 16.0 Å². The lowest BCUT2D eigenvalue weighted by Crippen LogP contribution is -2.54. The highest BCUT2D eigenvalue weighted by Crippen LogP contribution is 2.14. The van der Waals surface area contributed by atoms with Gasteiger partial charge >= 0.3 is 0 Å². The van der Waals surface area contributed by atoms with Gasteiger partial charge in [-0.3, -0.25) is 19.4 Å². The van der Waals surface area contributed by atoms with Gasteiger partial charge in [0, 0.05) is 45.0 Å². The Hall–Kier alpha value is -1.92. The molecule has 0 aliphatic carbocycles. The Morgan fingerprint density at radius 2 is 1.55 bits per heavy atom. The SMILES string of the molecule is CCc1ccc(NC(=O)C(C)N2CCN(CC(=O)N3CCCCCC3)CC2)cc1. The van der Waals surface area contributed by atoms with Gasteiger partial charge in [0.2, 0.25) is 11.8 Å². The number of piperazine rings is 1. The van der Waals surface area contributed by atoms with Crippen molar-refractivity contribution >= 4 is 17.5 Å². The number of hydrogen-bond acceptors (Lipinski definition) is 4. The molecule has 2 heterocycles. The molecule has 1 unspecified atom stereocenters. The van der Waals surface area contributed by atoms with Gasteiger partial charge < -0.3 is 10.2 Å². The summed E-state index contributed by atoms with van der Waals surface area (Å²) in [4.78, 5) is 31.7. The third kappa shape index (κ3) is 6.28. The minimum absolute atomic E-state index is 0.0309. The third-order valence-electron chi connectivity index (χ3n) is 6.28. The minimum atomic E-state index is -0.177. The van der Waals surface area contributed by atoms with Crippen molar-refractivity contribution in [3.8, 4) is 0 Å². The summed E-state index contributed by atoms with van der Waals surface area (Å²) in [7, 11) is 0. The lowest BCUT2D eigenvalue weighted by atomic mass is 10.1. The van der Waals surface area contributed by atoms with Crippen LogP contribution in [0.4, 0.5) is 5.69 Å². The minimum Gasteiger partial charge on any atom is -0.342 e. The molecule has 2 amide bonds. The van der Waals surface area contributed by atoms with Gasteiger partial charge in [-0.25, -0.2) is 0 Å². The predicted molar refractivity (Wildman–Crippen MR) is 117 cm³/mol. The fraction of sp³-hybridized carbons (Fsp3) is 0.652. The lowest BCUT2D eigenvalue weighted by Gasteiger charge is -2.37. The van der Waals surface area contributed by atoms with Gasteiger partial charge in [0.05, 0.1) is 12.6 Å². The standard InChI is InChI=1S/C23H36N4O2/c1-3-20-8-10-21(11-9-20)24-23(29)19(2)26-16-14-25(15-17-26)18-22(28)27-12-6-4-5-7-13-27/h8-11,19H,3-7,12-18H2,1-2H3,(H,24,29). The molecular weight excluding hydrogens is 364 g/mol. The number of amides is 2. The molecule has 1 aromatic rings. The predicted octanol–water partition coefficient (Wildman–Crippen LogP) is 2.60. The molecule has 2 fully saturated rings. The fourth-order valence-electron chi connectivity index (χ4n) is 4.16. The molecule has 29 heavy (non-hydrogen) atoms. The van der Waals surface area contributed by atoms with E-state index in [-0.39, 0.29) is 17.9 Å². The van der Waals surface area contributed by atoms with Gasteiger partial charge in [0.25, 0.3) is 0 Å². The first kappa shape index (κ1) is 21.8. The Labute approximate surface area is 175 Å². The van der Waals surface area contributed by atoms with Crippen LogP contribution in [0, 0.1) is 0 Å². The van der Waals surface area contributed by atoms with Gasteiger partial charge in [0.15, 0.2) is 0 Å². The van der Waals surface area contributed by atoms with Crippen LogP contribution in [0.2, 0.25) is 0 Å². The van der Waals surface area contributed by atoms with Crippen molar-refractivity contribution in [1.29, 1.82) is 0 Å². The van der Waals surface area contributed by atoms with Crippen molar-refractivity contribution in [3.05, 3.63) is 29.8 Å². The van der Waals surface area contributed by atoms with E-state index < -0.39 is 0 Å². The number of anilines is 1. The number of nitrogens with one attached hydrogen (secondary N) is 1. The number of likely N-dealkylation sites (tertiary alicyclic amines) is 1. The maximum Gasteiger partial charge on any atom is 0.241 e. The van der Waals surface area contributed by atoms with E-state index in [9.17, 15) is 9.59 Å². The maximum atomic E-state index is 12.6. The molecule has 1 atom stereocenters. The second-order valence-electron chi connectivity index (χ2n) is 8.32. The highest BCUT2D eigenvalue weighted by atomic mass is 16.2. The van der Waals surface area contributed by atoms with Crippen molar-refractivity contribution in [2.75, 3.05) is 51.1 Å². The molecule has 2 saturated heterocycles. The molecule has 3 rings (SSSR count). The molecule has 2 aliphatic heterocycles. The van der Waals surface area contributed by atoms with E-state index in [1.165, 1.54) is 18.4 Å². The van der Waals surface area contributed by atoms with Crippen LogP contribution in [0.5, 0.6) is 0 Å². The summed E-state index contributed by atoms with van der Waals surface area (Å²) in [5.74, 6) is 0.296. The van der Waals surface area contributed by atoms with Crippen LogP contribution in [0.3, 0.4) is 0 Å². The largest absolute Gasteiger partial charge is 0.342 e. The maximum absolute atomic E-state index is 12.6. The Bertz CT molecular complexity index is 660. The van der Waals surface area contributed by atoms with Crippen LogP contribution >= 0.6 is 0 Å². The number of nitrogens with zero attached hydrogens (tertiary/aromatic N) is 3. The first-order valence-electron chi connectivity index (χ1n) is 11.2. The van der Waals surface area contributed by atoms with E-state index in [1.807, 2.05) is 24.0 Å². The molecule has 0 radical (unpaired) electrons. The molecule has 2 aliphatic rings. The molecule has 6 nitrogen and oxygen atoms in total. The average Bonchev–Trinajstić information content (AvgIpc) is 3.04. The number of rotatable bonds is 6. The second kappa shape index (κ2) is 10.7. The van der Waals surface area contributed by atoms with Crippen molar-refractivity contribution in [3.63, 3.8) is 0 Å². The van der Waals surface area contributed by atoms with Crippen molar-refractivity contribution in [2.45, 2.75) is 52.0 Å². The first-order valence-corrected chi connectivity index (χ1v) is 11.2. The number of carbonyl (C=O) groups excluding carboxylic acids is 2. The zero-order chi connectivity index (χ0) is 20.6. The van der Waals surface area contributed by atoms with E-state index in [4.69, 9.17) is 0 Å². The average molecular weight is 401 g/mol. The van der Waals surface area contributed by atoms with E-state index in [1.54, 1.807) is 0 Å². The monoisotopic (exact) mass is 400 g/mol. The Balaban J connectivity index is 1.42. The van der Waals surface area contributed by atoms with Gasteiger partial charge in [0.1, 0.15) is 0 Å². The zero-order valence-corrected chi connectivity index (χ0v) is 18.0. The molecular formula is C23H36N4O2. The van der Waals surface area contributed by atoms with Gasteiger partial charge in [-0.15, -0.1) is 0 Å². The van der Waals surface area contributed by atoms with Crippen LogP contribution in [-0.4, -0.2) is 78.4 Å². The summed E-state index contributed by atoms with van der Waals surface area (Å²) in [6.45, 7) is 9.73. The molecule has 1 N–H and O–H groups in total. The molecule has 0 aromatic heterocycles. The van der Waals surface area contributed by atoms with E-state index in [0.717, 1.165) is 64.2 Å². The molecule has 0 bridgehead atoms. The summed E-state index contributed by atoms with van der Waals surface area (Å²) in [5, 5.41) is 3.03. The first-order chi connectivity index (χ1) is 14.1. The number of aryl methyl sites for hydroxylation is 1. The molecule has 6 heteroatoms. The summed E-state index contributed by atoms with van der Waals surface area (Å²) in [6, 6.07) is 7.87. The lowest BCUT2D eigenvalue weighted by molar-refractivity contribution is -0.133. The highest BCUT2D eigenvalue weighted by molar-refractivity contribution is 5.94. The second-order valence-corrected chi connectivity index (χ2v) is 8.32. The molecule has 0 saturated carbocycles. The molecule has 0 spiro atoms. The quantitative estimate of drug-likeness (QED) is 0.798. The topological polar surface area (TPSA) is 55.9 Å². The number of hydrogen-bond donors (Lipinski definition) is 1. The van der Waals surface area contributed by atoms with Gasteiger partial charge in [-0.2, -0.15) is 0 Å². The Kier molecular flexibility index (Phi) is 8.07. The molecule has 1 aromatic carbocycles. The van der Waals surface area contributed by atoms with E-state index in [0.29, 0.717) is 6.54 Å². The van der Waals surface area contributed by atoms with Crippen LogP contribution < -0.4 is 5.32 Å². The molecule has 160 valence electrons. The van der Waals surface area contributed by atoms with Crippen LogP contribution in [0.15, 0.2) is 24.3 Å². The highest BCUT2D eigenvalue weighted by Gasteiger charge is 2.27. The summed E-state index contributed by atoms with van der Waals surface area (Å²) in [5.41, 5.74) is 2.11. The summed E-state index contributed by atoms with van der Waals surface area (Å²) < 4.78 is 0. The Morgan fingerprint density at radius 1 is 0.931 bits per heavy atom. The third-order valence-corrected chi connectivity index (χ3v) is 6.28. The van der Waals surface area contributed by atoms with Crippen molar-refractivity contribution < 1.29 is 9.59 Å². The van der Waals surface area contributed by atoms with Crippen LogP contribution in [0.25, 0.3) is 0 Å². The summed E-state index contributed by atoms with van der Waals surface area (Å²) in [6.07, 6.45) is 5.74. The van der Waals surface area contributed by atoms with Crippen LogP contribution in [0.1, 0.15) is 45.1 Å². The van der Waals surface area contributed by atoms with E-state index >= 15 is 0 Å². The van der Waals surface area contributed by atoms with E-state index in [2.05, 4.69) is 34.2 Å². The number of benzene rings is 1. The smallest absolute Gasteiger partial charge is 0.241 e. The zero-order valence-electron chi connectivity index (χ0n) is 18.0. The summed E-state index contributed by atoms with van der Waals surface area (Å²) >= 11 is 0. The van der Waals surface area contributed by atoms with Crippen molar-refractivity contribution in [2.24, 2.45) is 0 Å². The van der Waals surface area contributed by atoms with Gasteiger partial charge in [-0.05, 0) is 43.9 Å². The fourth-order valence-corrected chi connectivity index (χ4v) is 4.16. The Morgan fingerprint density at radius 3 is 2.14 bits per heavy atom. The van der Waals surface area contributed by atoms with Gasteiger partial charge in [-0.1, -0.05) is 31.9 Å². The normalized spacial score (nSPS) is 20.1. The number of carbonyl (C=O) groups is 2. The van der Waals surface area contributed by atoms with Crippen molar-refractivity contribution in [1.82, 2.24) is 14.7 Å².